The number of carbonyl (C=O) groups is 5. The number of aliphatic carboxylic acids is 3. The molecule has 3 atom stereocenters. The second-order valence-electron chi connectivity index (χ2n) is 14.0. The Kier molecular flexibility index (Phi) is 21.4. The first kappa shape index (κ1) is 45.4. The normalized spacial score (nSPS) is 13.4. The predicted octanol–water partition coefficient (Wildman–Crippen LogP) is 6.35. The minimum Gasteiger partial charge on any atom is -0.481 e. The van der Waals surface area contributed by atoms with Crippen molar-refractivity contribution < 1.29 is 49.1 Å². The van der Waals surface area contributed by atoms with Crippen LogP contribution in [0, 0.1) is 35.0 Å². The zero-order chi connectivity index (χ0) is 39.0. The molecule has 0 radical (unpaired) electrons. The molecule has 0 fully saturated rings. The SMILES string of the molecule is CCCCCCCC(=O)CCCCCC/C=C/[C@@H](C(=O)N[C@@H](Cc1ccc(OCC#CCC#CC(C)(C)C)cc1)C(=O)O)[C@@](O)(CC(=O)O)C(=O)O. The summed E-state index contributed by atoms with van der Waals surface area (Å²) in [6.07, 6.45) is 11.6. The van der Waals surface area contributed by atoms with Gasteiger partial charge in [0.15, 0.2) is 5.60 Å². The fourth-order valence-electron chi connectivity index (χ4n) is 5.24. The van der Waals surface area contributed by atoms with E-state index < -0.39 is 47.8 Å². The number of unbranched alkanes of at least 4 members (excludes halogenated alkanes) is 8. The number of carboxylic acids is 3. The van der Waals surface area contributed by atoms with Crippen molar-refractivity contribution in [1.82, 2.24) is 5.32 Å². The third-order valence-corrected chi connectivity index (χ3v) is 8.11. The Morgan fingerprint density at radius 1 is 0.846 bits per heavy atom. The van der Waals surface area contributed by atoms with Gasteiger partial charge in [-0.1, -0.05) is 93.4 Å². The van der Waals surface area contributed by atoms with Gasteiger partial charge in [0.05, 0.1) is 18.8 Å². The van der Waals surface area contributed by atoms with Crippen LogP contribution in [0.25, 0.3) is 0 Å². The van der Waals surface area contributed by atoms with Crippen LogP contribution in [0.15, 0.2) is 36.4 Å². The van der Waals surface area contributed by atoms with Crippen molar-refractivity contribution in [2.24, 2.45) is 11.3 Å². The number of amides is 1. The van der Waals surface area contributed by atoms with Crippen LogP contribution in [-0.4, -0.2) is 68.3 Å². The molecule has 0 aromatic heterocycles. The van der Waals surface area contributed by atoms with Gasteiger partial charge in [-0.15, -0.1) is 0 Å². The molecular weight excluding hydrogens is 666 g/mol. The van der Waals surface area contributed by atoms with Crippen molar-refractivity contribution in [1.29, 1.82) is 0 Å². The Labute approximate surface area is 308 Å². The highest BCUT2D eigenvalue weighted by Gasteiger charge is 2.49. The summed E-state index contributed by atoms with van der Waals surface area (Å²) in [4.78, 5) is 61.2. The highest BCUT2D eigenvalue weighted by atomic mass is 16.5. The maximum absolute atomic E-state index is 13.4. The third-order valence-electron chi connectivity index (χ3n) is 8.11. The maximum Gasteiger partial charge on any atom is 0.337 e. The molecule has 1 aromatic rings. The van der Waals surface area contributed by atoms with Crippen molar-refractivity contribution in [3.8, 4) is 29.4 Å². The second kappa shape index (κ2) is 24.6. The average molecular weight is 724 g/mol. The molecule has 11 nitrogen and oxygen atoms in total. The largest absolute Gasteiger partial charge is 0.481 e. The van der Waals surface area contributed by atoms with E-state index in [1.165, 1.54) is 12.5 Å². The van der Waals surface area contributed by atoms with Crippen molar-refractivity contribution in [3.63, 3.8) is 0 Å². The van der Waals surface area contributed by atoms with Crippen molar-refractivity contribution in [2.45, 2.75) is 136 Å². The number of carboxylic acid groups (broad SMARTS) is 3. The number of nitrogens with one attached hydrogen (secondary N) is 1. The molecule has 0 saturated heterocycles. The molecular formula is C41H57NO10. The van der Waals surface area contributed by atoms with Crippen molar-refractivity contribution >= 4 is 29.6 Å². The zero-order valence-corrected chi connectivity index (χ0v) is 31.2. The van der Waals surface area contributed by atoms with E-state index in [4.69, 9.17) is 4.74 Å². The molecule has 286 valence electrons. The lowest BCUT2D eigenvalue weighted by atomic mass is 9.82. The molecule has 1 aromatic carbocycles. The lowest BCUT2D eigenvalue weighted by Gasteiger charge is -2.29. The molecule has 0 unspecified atom stereocenters. The summed E-state index contributed by atoms with van der Waals surface area (Å²) >= 11 is 0. The molecule has 0 spiro atoms. The minimum atomic E-state index is -3.03. The van der Waals surface area contributed by atoms with E-state index in [1.807, 2.05) is 20.8 Å². The number of benzene rings is 1. The molecule has 1 rings (SSSR count). The van der Waals surface area contributed by atoms with Gasteiger partial charge in [0.2, 0.25) is 5.91 Å². The van der Waals surface area contributed by atoms with Gasteiger partial charge in [0.25, 0.3) is 0 Å². The fraction of sp³-hybridized carbons (Fsp3) is 0.585. The molecule has 1 amide bonds. The smallest absolute Gasteiger partial charge is 0.337 e. The number of hydrogen-bond acceptors (Lipinski definition) is 7. The molecule has 0 bridgehead atoms. The monoisotopic (exact) mass is 723 g/mol. The van der Waals surface area contributed by atoms with Crippen molar-refractivity contribution in [2.75, 3.05) is 6.61 Å². The molecule has 0 aliphatic carbocycles. The van der Waals surface area contributed by atoms with Crippen LogP contribution in [0.5, 0.6) is 5.75 Å². The lowest BCUT2D eigenvalue weighted by Crippen LogP contribution is -2.55. The predicted molar refractivity (Wildman–Crippen MR) is 198 cm³/mol. The summed E-state index contributed by atoms with van der Waals surface area (Å²) in [5, 5.41) is 42.2. The second-order valence-corrected chi connectivity index (χ2v) is 14.0. The Bertz CT molecular complexity index is 1450. The van der Waals surface area contributed by atoms with E-state index in [2.05, 4.69) is 35.9 Å². The number of carbonyl (C=O) groups excluding carboxylic acids is 2. The van der Waals surface area contributed by atoms with Gasteiger partial charge in [-0.2, -0.15) is 0 Å². The summed E-state index contributed by atoms with van der Waals surface area (Å²) < 4.78 is 5.59. The highest BCUT2D eigenvalue weighted by Crippen LogP contribution is 2.26. The van der Waals surface area contributed by atoms with Crippen LogP contribution < -0.4 is 10.1 Å². The fourth-order valence-corrected chi connectivity index (χ4v) is 5.24. The van der Waals surface area contributed by atoms with E-state index in [1.54, 1.807) is 24.3 Å². The van der Waals surface area contributed by atoms with E-state index in [0.717, 1.165) is 51.0 Å². The number of aliphatic hydroxyl groups is 1. The first-order chi connectivity index (χ1) is 24.6. The summed E-state index contributed by atoms with van der Waals surface area (Å²) in [7, 11) is 0. The lowest BCUT2D eigenvalue weighted by molar-refractivity contribution is -0.172. The van der Waals surface area contributed by atoms with E-state index >= 15 is 0 Å². The molecule has 11 heteroatoms. The van der Waals surface area contributed by atoms with Gasteiger partial charge in [-0.25, -0.2) is 9.59 Å². The maximum atomic E-state index is 13.4. The zero-order valence-electron chi connectivity index (χ0n) is 31.2. The molecule has 0 heterocycles. The van der Waals surface area contributed by atoms with Gasteiger partial charge < -0.3 is 30.5 Å². The number of rotatable bonds is 25. The molecule has 0 aliphatic heterocycles. The minimum absolute atomic E-state index is 0.0965. The first-order valence-corrected chi connectivity index (χ1v) is 18.2. The number of ether oxygens (including phenoxy) is 1. The summed E-state index contributed by atoms with van der Waals surface area (Å²) in [5.74, 6) is 4.60. The number of Topliss-reactive ketones (excluding diaryl/α,β-unsaturated/α-hetero) is 1. The van der Waals surface area contributed by atoms with Gasteiger partial charge in [-0.05, 0) is 64.2 Å². The van der Waals surface area contributed by atoms with Crippen LogP contribution >= 0.6 is 0 Å². The molecule has 0 aliphatic rings. The Morgan fingerprint density at radius 2 is 1.46 bits per heavy atom. The van der Waals surface area contributed by atoms with Crippen LogP contribution in [0.2, 0.25) is 0 Å². The number of allylic oxidation sites excluding steroid dienone is 1. The topological polar surface area (TPSA) is 188 Å². The van der Waals surface area contributed by atoms with E-state index in [-0.39, 0.29) is 24.2 Å². The summed E-state index contributed by atoms with van der Waals surface area (Å²) in [6, 6.07) is 4.94. The van der Waals surface area contributed by atoms with Gasteiger partial charge in [-0.3, -0.25) is 14.4 Å². The van der Waals surface area contributed by atoms with Gasteiger partial charge in [0, 0.05) is 24.7 Å². The number of hydrogen-bond donors (Lipinski definition) is 5. The quantitative estimate of drug-likeness (QED) is 0.0432. The average Bonchev–Trinajstić information content (AvgIpc) is 3.06. The van der Waals surface area contributed by atoms with Gasteiger partial charge in [0.1, 0.15) is 24.2 Å². The molecule has 0 saturated carbocycles. The summed E-state index contributed by atoms with van der Waals surface area (Å²) in [6.45, 7) is 8.31. The van der Waals surface area contributed by atoms with E-state index in [9.17, 15) is 44.4 Å². The Balaban J connectivity index is 2.83. The van der Waals surface area contributed by atoms with E-state index in [0.29, 0.717) is 43.4 Å². The molecule has 5 N–H and O–H groups in total. The van der Waals surface area contributed by atoms with Crippen LogP contribution in [0.4, 0.5) is 0 Å². The molecule has 52 heavy (non-hydrogen) atoms. The van der Waals surface area contributed by atoms with Crippen molar-refractivity contribution in [3.05, 3.63) is 42.0 Å². The Morgan fingerprint density at radius 3 is 2.02 bits per heavy atom. The standard InChI is InChI=1S/C41H57NO10/c1-5-6-7-10-15-20-32(43)21-16-11-8-9-12-17-22-34(41(51,39(49)50)30-36(44)45)37(46)42-35(38(47)48)29-31-23-25-33(26-24-31)52-28-19-14-13-18-27-40(2,3)4/h17,22-26,34-35,51H,5-13,15-16,20-21,28-30H2,1-4H3,(H,42,46)(H,44,45)(H,47,48)(H,49,50)/b22-17+/t34-,35-,41-/m0/s1. The summed E-state index contributed by atoms with van der Waals surface area (Å²) in [5.41, 5.74) is -2.61. The van der Waals surface area contributed by atoms with Gasteiger partial charge >= 0.3 is 17.9 Å². The highest BCUT2D eigenvalue weighted by molar-refractivity contribution is 5.94. The van der Waals surface area contributed by atoms with Crippen LogP contribution in [0.1, 0.15) is 123 Å². The van der Waals surface area contributed by atoms with Crippen LogP contribution in [0.3, 0.4) is 0 Å². The first-order valence-electron chi connectivity index (χ1n) is 18.2. The Hall–Kier alpha value is -4.61. The van der Waals surface area contributed by atoms with Crippen LogP contribution in [-0.2, 0) is 30.4 Å². The number of ketones is 1. The third kappa shape index (κ3) is 19.7.